The molecule has 0 radical (unpaired) electrons. The number of amides is 4. The molecule has 1 aliphatic heterocycles. The van der Waals surface area contributed by atoms with E-state index in [-0.39, 0.29) is 5.57 Å². The number of hydrogen-bond acceptors (Lipinski definition) is 5. The van der Waals surface area contributed by atoms with E-state index in [1.807, 2.05) is 17.6 Å². The van der Waals surface area contributed by atoms with Crippen molar-refractivity contribution in [2.24, 2.45) is 0 Å². The molecule has 122 valence electrons. The van der Waals surface area contributed by atoms with Gasteiger partial charge in [0.25, 0.3) is 11.8 Å². The van der Waals surface area contributed by atoms with Crippen LogP contribution in [0.5, 0.6) is 11.5 Å². The van der Waals surface area contributed by atoms with E-state index >= 15 is 0 Å². The van der Waals surface area contributed by atoms with Gasteiger partial charge in [0.2, 0.25) is 0 Å². The van der Waals surface area contributed by atoms with Gasteiger partial charge in [-0.05, 0) is 30.7 Å². The molecule has 1 aromatic carbocycles. The van der Waals surface area contributed by atoms with E-state index < -0.39 is 17.8 Å². The molecule has 0 atom stereocenters. The van der Waals surface area contributed by atoms with Gasteiger partial charge >= 0.3 is 6.03 Å². The van der Waals surface area contributed by atoms with Crippen molar-refractivity contribution >= 4 is 39.9 Å². The maximum absolute atomic E-state index is 11.7. The largest absolute Gasteiger partial charge is 0.490 e. The SMILES string of the molecule is CCOc1cc(C=C2C(=O)NC(=O)NC2=O)ccc1OCCBr. The molecule has 1 heterocycles. The Labute approximate surface area is 141 Å². The fourth-order valence-electron chi connectivity index (χ4n) is 1.92. The lowest BCUT2D eigenvalue weighted by molar-refractivity contribution is -0.123. The van der Waals surface area contributed by atoms with Gasteiger partial charge in [0.05, 0.1) is 13.2 Å². The summed E-state index contributed by atoms with van der Waals surface area (Å²) in [5, 5.41) is 4.72. The number of nitrogens with one attached hydrogen (secondary N) is 2. The zero-order valence-electron chi connectivity index (χ0n) is 12.3. The highest BCUT2D eigenvalue weighted by Gasteiger charge is 2.27. The van der Waals surface area contributed by atoms with Gasteiger partial charge in [0.15, 0.2) is 11.5 Å². The average Bonchev–Trinajstić information content (AvgIpc) is 2.50. The highest BCUT2D eigenvalue weighted by molar-refractivity contribution is 9.09. The van der Waals surface area contributed by atoms with Crippen LogP contribution in [0.2, 0.25) is 0 Å². The minimum absolute atomic E-state index is 0.152. The van der Waals surface area contributed by atoms with Gasteiger partial charge in [-0.3, -0.25) is 20.2 Å². The number of halogens is 1. The first-order valence-electron chi connectivity index (χ1n) is 6.89. The van der Waals surface area contributed by atoms with Crippen molar-refractivity contribution in [1.29, 1.82) is 0 Å². The van der Waals surface area contributed by atoms with Gasteiger partial charge in [-0.1, -0.05) is 22.0 Å². The van der Waals surface area contributed by atoms with Crippen LogP contribution in [0, 0.1) is 0 Å². The maximum atomic E-state index is 11.7. The molecule has 23 heavy (non-hydrogen) atoms. The van der Waals surface area contributed by atoms with E-state index in [1.165, 1.54) is 6.08 Å². The van der Waals surface area contributed by atoms with Crippen LogP contribution in [0.15, 0.2) is 23.8 Å². The number of imide groups is 2. The first-order chi connectivity index (χ1) is 11.0. The molecule has 7 nitrogen and oxygen atoms in total. The molecule has 8 heteroatoms. The highest BCUT2D eigenvalue weighted by Crippen LogP contribution is 2.29. The summed E-state index contributed by atoms with van der Waals surface area (Å²) >= 11 is 3.28. The minimum Gasteiger partial charge on any atom is -0.490 e. The van der Waals surface area contributed by atoms with E-state index in [4.69, 9.17) is 9.47 Å². The van der Waals surface area contributed by atoms with Crippen LogP contribution < -0.4 is 20.1 Å². The molecule has 1 fully saturated rings. The van der Waals surface area contributed by atoms with Gasteiger partial charge < -0.3 is 9.47 Å². The number of barbiturate groups is 1. The number of carbonyl (C=O) groups is 3. The molecule has 0 aliphatic carbocycles. The predicted octanol–water partition coefficient (Wildman–Crippen LogP) is 1.61. The Morgan fingerprint density at radius 3 is 2.39 bits per heavy atom. The second-order valence-electron chi connectivity index (χ2n) is 4.47. The zero-order valence-corrected chi connectivity index (χ0v) is 13.9. The molecule has 0 saturated carbocycles. The van der Waals surface area contributed by atoms with Crippen LogP contribution in [0.25, 0.3) is 6.08 Å². The zero-order chi connectivity index (χ0) is 16.8. The topological polar surface area (TPSA) is 93.7 Å². The van der Waals surface area contributed by atoms with Gasteiger partial charge in [-0.15, -0.1) is 0 Å². The van der Waals surface area contributed by atoms with Crippen molar-refractivity contribution in [2.45, 2.75) is 6.92 Å². The monoisotopic (exact) mass is 382 g/mol. The van der Waals surface area contributed by atoms with Crippen LogP contribution in [0.4, 0.5) is 4.79 Å². The summed E-state index contributed by atoms with van der Waals surface area (Å²) in [5.74, 6) is -0.399. The molecular formula is C15H15BrN2O5. The van der Waals surface area contributed by atoms with Crippen molar-refractivity contribution < 1.29 is 23.9 Å². The van der Waals surface area contributed by atoms with Crippen molar-refractivity contribution in [3.05, 3.63) is 29.3 Å². The summed E-state index contributed by atoms with van der Waals surface area (Å²) in [6.45, 7) is 2.76. The third-order valence-electron chi connectivity index (χ3n) is 2.86. The Bertz CT molecular complexity index is 650. The number of hydrogen-bond donors (Lipinski definition) is 2. The van der Waals surface area contributed by atoms with Gasteiger partial charge in [-0.2, -0.15) is 0 Å². The molecule has 4 amide bonds. The Morgan fingerprint density at radius 1 is 1.09 bits per heavy atom. The summed E-state index contributed by atoms with van der Waals surface area (Å²) in [6, 6.07) is 4.22. The Morgan fingerprint density at radius 2 is 1.78 bits per heavy atom. The molecule has 0 aromatic heterocycles. The summed E-state index contributed by atoms with van der Waals surface area (Å²) in [6.07, 6.45) is 1.38. The highest BCUT2D eigenvalue weighted by atomic mass is 79.9. The molecule has 1 saturated heterocycles. The van der Waals surface area contributed by atoms with Gasteiger partial charge in [0.1, 0.15) is 5.57 Å². The van der Waals surface area contributed by atoms with Crippen LogP contribution in [0.3, 0.4) is 0 Å². The molecule has 0 bridgehead atoms. The fourth-order valence-corrected chi connectivity index (χ4v) is 2.09. The molecule has 0 spiro atoms. The van der Waals surface area contributed by atoms with Gasteiger partial charge in [-0.25, -0.2) is 4.79 Å². The number of ether oxygens (including phenoxy) is 2. The number of urea groups is 1. The first-order valence-corrected chi connectivity index (χ1v) is 8.01. The molecule has 2 N–H and O–H groups in total. The van der Waals surface area contributed by atoms with Crippen molar-refractivity contribution in [3.63, 3.8) is 0 Å². The van der Waals surface area contributed by atoms with Crippen LogP contribution in [0.1, 0.15) is 12.5 Å². The number of benzene rings is 1. The third-order valence-corrected chi connectivity index (χ3v) is 3.18. The van der Waals surface area contributed by atoms with Crippen molar-refractivity contribution in [3.8, 4) is 11.5 Å². The normalized spacial score (nSPS) is 14.2. The lowest BCUT2D eigenvalue weighted by atomic mass is 10.1. The van der Waals surface area contributed by atoms with Gasteiger partial charge in [0, 0.05) is 5.33 Å². The van der Waals surface area contributed by atoms with E-state index in [9.17, 15) is 14.4 Å². The Balaban J connectivity index is 2.30. The van der Waals surface area contributed by atoms with Crippen molar-refractivity contribution in [2.75, 3.05) is 18.5 Å². The summed E-state index contributed by atoms with van der Waals surface area (Å²) in [4.78, 5) is 34.5. The summed E-state index contributed by atoms with van der Waals surface area (Å²) in [7, 11) is 0. The predicted molar refractivity (Wildman–Crippen MR) is 86.6 cm³/mol. The minimum atomic E-state index is -0.828. The molecule has 0 unspecified atom stereocenters. The van der Waals surface area contributed by atoms with E-state index in [1.54, 1.807) is 18.2 Å². The molecule has 1 aromatic rings. The average molecular weight is 383 g/mol. The van der Waals surface area contributed by atoms with Crippen LogP contribution in [-0.2, 0) is 9.59 Å². The number of carbonyl (C=O) groups excluding carboxylic acids is 3. The molecule has 1 aliphatic rings. The fraction of sp³-hybridized carbons (Fsp3) is 0.267. The lowest BCUT2D eigenvalue weighted by Gasteiger charge is -2.15. The van der Waals surface area contributed by atoms with Crippen LogP contribution in [-0.4, -0.2) is 36.4 Å². The molecule has 2 rings (SSSR count). The van der Waals surface area contributed by atoms with E-state index in [0.29, 0.717) is 35.6 Å². The number of alkyl halides is 1. The number of rotatable bonds is 6. The van der Waals surface area contributed by atoms with E-state index in [2.05, 4.69) is 15.9 Å². The summed E-state index contributed by atoms with van der Waals surface area (Å²) < 4.78 is 11.1. The standard InChI is InChI=1S/C15H15BrN2O5/c1-2-22-12-8-9(3-4-11(12)23-6-5-16)7-10-13(19)17-15(21)18-14(10)20/h3-4,7-8H,2,5-6H2,1H3,(H2,17,18,19,20,21). The second kappa shape index (κ2) is 7.77. The summed E-state index contributed by atoms with van der Waals surface area (Å²) in [5.41, 5.74) is 0.426. The Kier molecular flexibility index (Phi) is 5.75. The first kappa shape index (κ1) is 17.0. The second-order valence-corrected chi connectivity index (χ2v) is 5.27. The molecular weight excluding hydrogens is 368 g/mol. The van der Waals surface area contributed by atoms with E-state index in [0.717, 1.165) is 0 Å². The third kappa shape index (κ3) is 4.32. The maximum Gasteiger partial charge on any atom is 0.328 e. The quantitative estimate of drug-likeness (QED) is 0.442. The van der Waals surface area contributed by atoms with Crippen LogP contribution >= 0.6 is 15.9 Å². The Hall–Kier alpha value is -2.35. The smallest absolute Gasteiger partial charge is 0.328 e. The lowest BCUT2D eigenvalue weighted by Crippen LogP contribution is -2.51. The van der Waals surface area contributed by atoms with Crippen molar-refractivity contribution in [1.82, 2.24) is 10.6 Å².